The number of hydrogen-bond donors (Lipinski definition) is 0. The maximum atomic E-state index is 11.8. The minimum atomic E-state index is -0.127. The quantitative estimate of drug-likeness (QED) is 0.769. The van der Waals surface area contributed by atoms with Crippen molar-refractivity contribution in [3.05, 3.63) is 18.2 Å². The molecular formula is C13H19NO3S. The van der Waals surface area contributed by atoms with Gasteiger partial charge in [-0.2, -0.15) is 0 Å². The van der Waals surface area contributed by atoms with E-state index in [1.54, 1.807) is 33.2 Å². The van der Waals surface area contributed by atoms with E-state index in [1.165, 1.54) is 11.8 Å². The molecule has 0 aliphatic heterocycles. The van der Waals surface area contributed by atoms with Gasteiger partial charge in [0.2, 0.25) is 5.91 Å². The van der Waals surface area contributed by atoms with Crippen LogP contribution in [0.5, 0.6) is 11.5 Å². The SMILES string of the molecule is COc1ccc(SC(C)C(=O)N(C)C)cc1OC. The van der Waals surface area contributed by atoms with Crippen LogP contribution in [0.3, 0.4) is 0 Å². The molecule has 0 radical (unpaired) electrons. The van der Waals surface area contributed by atoms with Crippen molar-refractivity contribution in [3.8, 4) is 11.5 Å². The van der Waals surface area contributed by atoms with Gasteiger partial charge in [0.25, 0.3) is 0 Å². The van der Waals surface area contributed by atoms with Gasteiger partial charge < -0.3 is 14.4 Å². The third-order valence-electron chi connectivity index (χ3n) is 2.46. The van der Waals surface area contributed by atoms with Gasteiger partial charge in [-0.25, -0.2) is 0 Å². The van der Waals surface area contributed by atoms with E-state index in [-0.39, 0.29) is 11.2 Å². The topological polar surface area (TPSA) is 38.8 Å². The van der Waals surface area contributed by atoms with Crippen LogP contribution in [0.4, 0.5) is 0 Å². The molecule has 1 rings (SSSR count). The summed E-state index contributed by atoms with van der Waals surface area (Å²) in [6.45, 7) is 1.89. The largest absolute Gasteiger partial charge is 0.493 e. The molecule has 4 nitrogen and oxygen atoms in total. The minimum Gasteiger partial charge on any atom is -0.493 e. The number of nitrogens with zero attached hydrogens (tertiary/aromatic N) is 1. The molecule has 18 heavy (non-hydrogen) atoms. The highest BCUT2D eigenvalue weighted by Gasteiger charge is 2.17. The van der Waals surface area contributed by atoms with Gasteiger partial charge in [0.05, 0.1) is 19.5 Å². The lowest BCUT2D eigenvalue weighted by Gasteiger charge is -2.17. The van der Waals surface area contributed by atoms with E-state index in [2.05, 4.69) is 0 Å². The van der Waals surface area contributed by atoms with Crippen molar-refractivity contribution in [1.29, 1.82) is 0 Å². The van der Waals surface area contributed by atoms with E-state index >= 15 is 0 Å². The standard InChI is InChI=1S/C13H19NO3S/c1-9(13(15)14(2)3)18-10-6-7-11(16-4)12(8-10)17-5/h6-9H,1-5H3. The first kappa shape index (κ1) is 14.7. The Labute approximate surface area is 112 Å². The van der Waals surface area contributed by atoms with E-state index in [1.807, 2.05) is 25.1 Å². The molecule has 0 saturated carbocycles. The Bertz CT molecular complexity index is 421. The van der Waals surface area contributed by atoms with E-state index in [9.17, 15) is 4.79 Å². The summed E-state index contributed by atoms with van der Waals surface area (Å²) in [5, 5.41) is -0.127. The average molecular weight is 269 g/mol. The van der Waals surface area contributed by atoms with Crippen LogP contribution < -0.4 is 9.47 Å². The molecule has 0 bridgehead atoms. The van der Waals surface area contributed by atoms with Crippen molar-refractivity contribution in [1.82, 2.24) is 4.90 Å². The first-order valence-corrected chi connectivity index (χ1v) is 6.47. The lowest BCUT2D eigenvalue weighted by molar-refractivity contribution is -0.127. The Morgan fingerprint density at radius 2 is 1.83 bits per heavy atom. The molecule has 0 aliphatic rings. The van der Waals surface area contributed by atoms with E-state index in [4.69, 9.17) is 9.47 Å². The second-order valence-corrected chi connectivity index (χ2v) is 5.42. The number of amides is 1. The van der Waals surface area contributed by atoms with Gasteiger partial charge in [-0.15, -0.1) is 11.8 Å². The summed E-state index contributed by atoms with van der Waals surface area (Å²) in [6, 6.07) is 5.64. The Kier molecular flexibility index (Phi) is 5.34. The van der Waals surface area contributed by atoms with Crippen LogP contribution in [0.1, 0.15) is 6.92 Å². The van der Waals surface area contributed by atoms with Crippen molar-refractivity contribution in [2.45, 2.75) is 17.1 Å². The number of carbonyl (C=O) groups excluding carboxylic acids is 1. The van der Waals surface area contributed by atoms with Gasteiger partial charge in [-0.1, -0.05) is 0 Å². The maximum absolute atomic E-state index is 11.8. The van der Waals surface area contributed by atoms with Crippen LogP contribution >= 0.6 is 11.8 Å². The molecule has 0 N–H and O–H groups in total. The van der Waals surface area contributed by atoms with Crippen LogP contribution in [0.25, 0.3) is 0 Å². The molecule has 1 aromatic rings. The summed E-state index contributed by atoms with van der Waals surface area (Å²) < 4.78 is 10.4. The van der Waals surface area contributed by atoms with E-state index in [0.717, 1.165) is 4.90 Å². The van der Waals surface area contributed by atoms with Gasteiger partial charge >= 0.3 is 0 Å². The normalized spacial score (nSPS) is 11.8. The molecule has 0 fully saturated rings. The van der Waals surface area contributed by atoms with Gasteiger partial charge in [-0.3, -0.25) is 4.79 Å². The van der Waals surface area contributed by atoms with Crippen LogP contribution in [-0.4, -0.2) is 44.4 Å². The second kappa shape index (κ2) is 6.54. The Morgan fingerprint density at radius 3 is 2.33 bits per heavy atom. The molecule has 0 saturated heterocycles. The van der Waals surface area contributed by atoms with Crippen molar-refractivity contribution < 1.29 is 14.3 Å². The summed E-state index contributed by atoms with van der Waals surface area (Å²) in [4.78, 5) is 14.4. The predicted octanol–water partition coefficient (Wildman–Crippen LogP) is 2.27. The molecule has 0 spiro atoms. The smallest absolute Gasteiger partial charge is 0.235 e. The molecular weight excluding hydrogens is 250 g/mol. The third kappa shape index (κ3) is 3.57. The monoisotopic (exact) mass is 269 g/mol. The second-order valence-electron chi connectivity index (χ2n) is 4.01. The fraction of sp³-hybridized carbons (Fsp3) is 0.462. The highest BCUT2D eigenvalue weighted by atomic mass is 32.2. The molecule has 0 aromatic heterocycles. The van der Waals surface area contributed by atoms with Crippen molar-refractivity contribution in [2.75, 3.05) is 28.3 Å². The Morgan fingerprint density at radius 1 is 1.22 bits per heavy atom. The molecule has 0 aliphatic carbocycles. The van der Waals surface area contributed by atoms with Crippen LogP contribution in [0.2, 0.25) is 0 Å². The predicted molar refractivity (Wildman–Crippen MR) is 73.6 cm³/mol. The summed E-state index contributed by atoms with van der Waals surface area (Å²) in [5.41, 5.74) is 0. The molecule has 0 heterocycles. The number of hydrogen-bond acceptors (Lipinski definition) is 4. The van der Waals surface area contributed by atoms with Crippen molar-refractivity contribution in [3.63, 3.8) is 0 Å². The number of carbonyl (C=O) groups is 1. The lowest BCUT2D eigenvalue weighted by Crippen LogP contribution is -2.29. The molecule has 1 unspecified atom stereocenters. The number of ether oxygens (including phenoxy) is 2. The van der Waals surface area contributed by atoms with Crippen molar-refractivity contribution in [2.24, 2.45) is 0 Å². The van der Waals surface area contributed by atoms with Crippen LogP contribution in [0.15, 0.2) is 23.1 Å². The summed E-state index contributed by atoms with van der Waals surface area (Å²) in [5.74, 6) is 1.45. The number of rotatable bonds is 5. The summed E-state index contributed by atoms with van der Waals surface area (Å²) >= 11 is 1.50. The third-order valence-corrected chi connectivity index (χ3v) is 3.54. The maximum Gasteiger partial charge on any atom is 0.235 e. The molecule has 1 aromatic carbocycles. The summed E-state index contributed by atoms with van der Waals surface area (Å²) in [7, 11) is 6.71. The fourth-order valence-corrected chi connectivity index (χ4v) is 2.55. The van der Waals surface area contributed by atoms with Crippen LogP contribution in [0, 0.1) is 0 Å². The fourth-order valence-electron chi connectivity index (χ4n) is 1.51. The average Bonchev–Trinajstić information content (AvgIpc) is 2.37. The number of thioether (sulfide) groups is 1. The van der Waals surface area contributed by atoms with Gasteiger partial charge in [0.1, 0.15) is 0 Å². The zero-order chi connectivity index (χ0) is 13.7. The zero-order valence-electron chi connectivity index (χ0n) is 11.4. The highest BCUT2D eigenvalue weighted by molar-refractivity contribution is 8.00. The number of methoxy groups -OCH3 is 2. The molecule has 1 amide bonds. The van der Waals surface area contributed by atoms with E-state index < -0.39 is 0 Å². The van der Waals surface area contributed by atoms with Gasteiger partial charge in [0, 0.05) is 19.0 Å². The highest BCUT2D eigenvalue weighted by Crippen LogP contribution is 2.33. The lowest BCUT2D eigenvalue weighted by atomic mass is 10.3. The Hall–Kier alpha value is -1.36. The van der Waals surface area contributed by atoms with Gasteiger partial charge in [0.15, 0.2) is 11.5 Å². The van der Waals surface area contributed by atoms with E-state index in [0.29, 0.717) is 11.5 Å². The molecule has 100 valence electrons. The molecule has 5 heteroatoms. The minimum absolute atomic E-state index is 0.0924. The van der Waals surface area contributed by atoms with Crippen molar-refractivity contribution >= 4 is 17.7 Å². The number of benzene rings is 1. The van der Waals surface area contributed by atoms with Crippen LogP contribution in [-0.2, 0) is 4.79 Å². The zero-order valence-corrected chi connectivity index (χ0v) is 12.2. The first-order valence-electron chi connectivity index (χ1n) is 5.59. The Balaban J connectivity index is 2.82. The molecule has 1 atom stereocenters. The summed E-state index contributed by atoms with van der Waals surface area (Å²) in [6.07, 6.45) is 0. The first-order chi connectivity index (χ1) is 8.49. The van der Waals surface area contributed by atoms with Gasteiger partial charge in [-0.05, 0) is 25.1 Å².